The van der Waals surface area contributed by atoms with E-state index in [-0.39, 0.29) is 12.5 Å². The lowest BCUT2D eigenvalue weighted by Gasteiger charge is -2.03. The Morgan fingerprint density at radius 2 is 2.31 bits per heavy atom. The maximum atomic E-state index is 11.3. The van der Waals surface area contributed by atoms with Gasteiger partial charge in [0, 0.05) is 12.1 Å². The largest absolute Gasteiger partial charge is 0.395 e. The summed E-state index contributed by atoms with van der Waals surface area (Å²) in [5.74, 6) is -0.141. The predicted octanol–water partition coefficient (Wildman–Crippen LogP) is 0.717. The Morgan fingerprint density at radius 1 is 1.54 bits per heavy atom. The number of hydrogen-bond donors (Lipinski definition) is 2. The Hall–Kier alpha value is -1.35. The highest BCUT2D eigenvalue weighted by Gasteiger charge is 2.02. The molecule has 13 heavy (non-hydrogen) atoms. The molecule has 0 aliphatic carbocycles. The number of rotatable bonds is 3. The number of amides is 1. The van der Waals surface area contributed by atoms with Crippen molar-refractivity contribution >= 4 is 5.91 Å². The van der Waals surface area contributed by atoms with Crippen LogP contribution in [0.3, 0.4) is 0 Å². The van der Waals surface area contributed by atoms with Crippen molar-refractivity contribution in [1.82, 2.24) is 5.32 Å². The van der Waals surface area contributed by atoms with Gasteiger partial charge in [-0.1, -0.05) is 17.7 Å². The maximum Gasteiger partial charge on any atom is 0.251 e. The normalized spacial score (nSPS) is 9.69. The van der Waals surface area contributed by atoms with E-state index in [1.54, 1.807) is 6.07 Å². The van der Waals surface area contributed by atoms with Crippen LogP contribution in [0.4, 0.5) is 0 Å². The van der Waals surface area contributed by atoms with Gasteiger partial charge in [0.1, 0.15) is 0 Å². The number of carbonyl (C=O) groups excluding carboxylic acids is 1. The lowest BCUT2D eigenvalue weighted by molar-refractivity contribution is 0.0944. The molecule has 3 nitrogen and oxygen atoms in total. The number of benzene rings is 1. The van der Waals surface area contributed by atoms with Crippen LogP contribution in [0.5, 0.6) is 0 Å². The van der Waals surface area contributed by atoms with E-state index in [1.165, 1.54) is 0 Å². The second-order valence-electron chi connectivity index (χ2n) is 2.85. The Labute approximate surface area is 77.4 Å². The molecule has 0 bridgehead atoms. The molecule has 0 aromatic heterocycles. The lowest BCUT2D eigenvalue weighted by atomic mass is 10.1. The first-order valence-corrected chi connectivity index (χ1v) is 4.20. The van der Waals surface area contributed by atoms with Gasteiger partial charge in [0.25, 0.3) is 5.91 Å². The van der Waals surface area contributed by atoms with Crippen LogP contribution in [-0.4, -0.2) is 24.2 Å². The van der Waals surface area contributed by atoms with Crippen molar-refractivity contribution in [2.75, 3.05) is 13.2 Å². The molecule has 0 aliphatic heterocycles. The molecular formula is C10H13NO2. The predicted molar refractivity (Wildman–Crippen MR) is 50.6 cm³/mol. The molecule has 3 heteroatoms. The number of carbonyl (C=O) groups is 1. The first-order valence-electron chi connectivity index (χ1n) is 4.20. The minimum Gasteiger partial charge on any atom is -0.395 e. The monoisotopic (exact) mass is 179 g/mol. The molecule has 0 heterocycles. The van der Waals surface area contributed by atoms with E-state index in [0.29, 0.717) is 12.1 Å². The standard InChI is InChI=1S/C10H13NO2/c1-8-3-2-4-9(7-8)10(13)11-5-6-12/h2-4,7,12H,5-6H2,1H3,(H,11,13). The first-order chi connectivity index (χ1) is 6.24. The van der Waals surface area contributed by atoms with Crippen molar-refractivity contribution in [2.24, 2.45) is 0 Å². The summed E-state index contributed by atoms with van der Waals surface area (Å²) in [6, 6.07) is 7.33. The van der Waals surface area contributed by atoms with Crippen LogP contribution in [0.2, 0.25) is 0 Å². The van der Waals surface area contributed by atoms with Gasteiger partial charge in [0.15, 0.2) is 0 Å². The van der Waals surface area contributed by atoms with E-state index in [2.05, 4.69) is 5.32 Å². The molecule has 0 saturated carbocycles. The molecule has 2 N–H and O–H groups in total. The summed E-state index contributed by atoms with van der Waals surface area (Å²) in [7, 11) is 0. The van der Waals surface area contributed by atoms with Crippen molar-refractivity contribution in [3.05, 3.63) is 35.4 Å². The maximum absolute atomic E-state index is 11.3. The molecule has 0 radical (unpaired) electrons. The fourth-order valence-corrected chi connectivity index (χ4v) is 1.06. The van der Waals surface area contributed by atoms with Gasteiger partial charge in [-0.25, -0.2) is 0 Å². The summed E-state index contributed by atoms with van der Waals surface area (Å²) in [5, 5.41) is 11.1. The van der Waals surface area contributed by atoms with E-state index < -0.39 is 0 Å². The molecule has 70 valence electrons. The van der Waals surface area contributed by atoms with E-state index in [4.69, 9.17) is 5.11 Å². The summed E-state index contributed by atoms with van der Waals surface area (Å²) in [4.78, 5) is 11.3. The molecule has 1 amide bonds. The summed E-state index contributed by atoms with van der Waals surface area (Å²) in [5.41, 5.74) is 1.69. The number of aliphatic hydroxyl groups is 1. The molecule has 0 fully saturated rings. The summed E-state index contributed by atoms with van der Waals surface area (Å²) in [6.45, 7) is 2.20. The molecule has 0 spiro atoms. The minimum atomic E-state index is -0.141. The van der Waals surface area contributed by atoms with Gasteiger partial charge in [-0.05, 0) is 19.1 Å². The molecule has 1 aromatic carbocycles. The van der Waals surface area contributed by atoms with Crippen molar-refractivity contribution in [3.63, 3.8) is 0 Å². The second-order valence-corrected chi connectivity index (χ2v) is 2.85. The molecule has 1 aromatic rings. The van der Waals surface area contributed by atoms with Crippen molar-refractivity contribution in [2.45, 2.75) is 6.92 Å². The lowest BCUT2D eigenvalue weighted by Crippen LogP contribution is -2.26. The Kier molecular flexibility index (Phi) is 3.46. The van der Waals surface area contributed by atoms with Crippen molar-refractivity contribution in [1.29, 1.82) is 0 Å². The third-order valence-electron chi connectivity index (χ3n) is 1.68. The zero-order chi connectivity index (χ0) is 9.68. The average Bonchev–Trinajstić information content (AvgIpc) is 2.14. The molecule has 0 unspecified atom stereocenters. The van der Waals surface area contributed by atoms with Crippen LogP contribution in [0.15, 0.2) is 24.3 Å². The van der Waals surface area contributed by atoms with E-state index in [1.807, 2.05) is 25.1 Å². The second kappa shape index (κ2) is 4.62. The van der Waals surface area contributed by atoms with E-state index >= 15 is 0 Å². The Morgan fingerprint density at radius 3 is 2.92 bits per heavy atom. The van der Waals surface area contributed by atoms with Crippen LogP contribution in [0.25, 0.3) is 0 Å². The number of hydrogen-bond acceptors (Lipinski definition) is 2. The van der Waals surface area contributed by atoms with E-state index in [0.717, 1.165) is 5.56 Å². The number of aliphatic hydroxyl groups excluding tert-OH is 1. The van der Waals surface area contributed by atoms with Gasteiger partial charge in [0.2, 0.25) is 0 Å². The third-order valence-corrected chi connectivity index (χ3v) is 1.68. The summed E-state index contributed by atoms with van der Waals surface area (Å²) in [6.07, 6.45) is 0. The van der Waals surface area contributed by atoms with Crippen LogP contribution in [0.1, 0.15) is 15.9 Å². The fraction of sp³-hybridized carbons (Fsp3) is 0.300. The molecule has 1 rings (SSSR count). The zero-order valence-electron chi connectivity index (χ0n) is 7.58. The average molecular weight is 179 g/mol. The fourth-order valence-electron chi connectivity index (χ4n) is 1.06. The smallest absolute Gasteiger partial charge is 0.251 e. The van der Waals surface area contributed by atoms with Gasteiger partial charge >= 0.3 is 0 Å². The SMILES string of the molecule is Cc1cccc(C(=O)NCCO)c1. The van der Waals surface area contributed by atoms with Gasteiger partial charge < -0.3 is 10.4 Å². The van der Waals surface area contributed by atoms with Gasteiger partial charge in [-0.15, -0.1) is 0 Å². The topological polar surface area (TPSA) is 49.3 Å². The quantitative estimate of drug-likeness (QED) is 0.718. The highest BCUT2D eigenvalue weighted by atomic mass is 16.3. The molecule has 0 saturated heterocycles. The highest BCUT2D eigenvalue weighted by Crippen LogP contribution is 2.02. The Balaban J connectivity index is 2.66. The van der Waals surface area contributed by atoms with Gasteiger partial charge in [0.05, 0.1) is 6.61 Å². The van der Waals surface area contributed by atoms with E-state index in [9.17, 15) is 4.79 Å². The summed E-state index contributed by atoms with van der Waals surface area (Å²) >= 11 is 0. The third kappa shape index (κ3) is 2.87. The van der Waals surface area contributed by atoms with Crippen molar-refractivity contribution < 1.29 is 9.90 Å². The van der Waals surface area contributed by atoms with Crippen LogP contribution in [0, 0.1) is 6.92 Å². The zero-order valence-corrected chi connectivity index (χ0v) is 7.58. The van der Waals surface area contributed by atoms with Crippen LogP contribution < -0.4 is 5.32 Å². The number of nitrogens with one attached hydrogen (secondary N) is 1. The van der Waals surface area contributed by atoms with Gasteiger partial charge in [-0.2, -0.15) is 0 Å². The first kappa shape index (κ1) is 9.74. The number of aryl methyl sites for hydroxylation is 1. The molecule has 0 atom stereocenters. The van der Waals surface area contributed by atoms with Crippen molar-refractivity contribution in [3.8, 4) is 0 Å². The van der Waals surface area contributed by atoms with Gasteiger partial charge in [-0.3, -0.25) is 4.79 Å². The molecule has 0 aliphatic rings. The van der Waals surface area contributed by atoms with Crippen LogP contribution >= 0.6 is 0 Å². The Bertz CT molecular complexity index is 297. The highest BCUT2D eigenvalue weighted by molar-refractivity contribution is 5.94. The minimum absolute atomic E-state index is 0.0302. The summed E-state index contributed by atoms with van der Waals surface area (Å²) < 4.78 is 0. The van der Waals surface area contributed by atoms with Crippen LogP contribution in [-0.2, 0) is 0 Å². The molecular weight excluding hydrogens is 166 g/mol.